The molecule has 1 rings (SSSR count). The van der Waals surface area contributed by atoms with Crippen molar-refractivity contribution in [3.05, 3.63) is 28.8 Å². The van der Waals surface area contributed by atoms with Gasteiger partial charge >= 0.3 is 5.97 Å². The minimum atomic E-state index is -0.477. The Labute approximate surface area is 123 Å². The van der Waals surface area contributed by atoms with Crippen molar-refractivity contribution < 1.29 is 9.53 Å². The Hall–Kier alpha value is -1.33. The number of ether oxygens (including phenoxy) is 1. The van der Waals surface area contributed by atoms with Gasteiger partial charge in [-0.2, -0.15) is 0 Å². The Morgan fingerprint density at radius 1 is 1.47 bits per heavy atom. The lowest BCUT2D eigenvalue weighted by Gasteiger charge is -2.13. The number of nitrogens with one attached hydrogen (secondary N) is 2. The Morgan fingerprint density at radius 3 is 2.74 bits per heavy atom. The van der Waals surface area contributed by atoms with Crippen molar-refractivity contribution >= 4 is 40.6 Å². The van der Waals surface area contributed by atoms with Crippen molar-refractivity contribution in [2.75, 3.05) is 19.0 Å². The van der Waals surface area contributed by atoms with Gasteiger partial charge in [-0.1, -0.05) is 25.4 Å². The smallest absolute Gasteiger partial charge is 0.339 e. The topological polar surface area (TPSA) is 50.4 Å². The maximum absolute atomic E-state index is 11.5. The molecule has 0 aromatic heterocycles. The van der Waals surface area contributed by atoms with E-state index in [0.29, 0.717) is 27.3 Å². The summed E-state index contributed by atoms with van der Waals surface area (Å²) in [6, 6.07) is 4.98. The number of halogens is 1. The van der Waals surface area contributed by atoms with Crippen molar-refractivity contribution in [1.29, 1.82) is 0 Å². The zero-order chi connectivity index (χ0) is 14.4. The fourth-order valence-corrected chi connectivity index (χ4v) is 1.74. The van der Waals surface area contributed by atoms with Crippen LogP contribution in [0.4, 0.5) is 5.69 Å². The second kappa shape index (κ2) is 7.31. The Bertz CT molecular complexity index is 478. The molecule has 1 aromatic carbocycles. The van der Waals surface area contributed by atoms with E-state index in [1.54, 1.807) is 18.2 Å². The lowest BCUT2D eigenvalue weighted by atomic mass is 10.2. The van der Waals surface area contributed by atoms with Gasteiger partial charge in [-0.25, -0.2) is 4.79 Å². The monoisotopic (exact) mass is 300 g/mol. The molecule has 0 atom stereocenters. The summed E-state index contributed by atoms with van der Waals surface area (Å²) in [5.41, 5.74) is 0.992. The summed E-state index contributed by atoms with van der Waals surface area (Å²) in [6.45, 7) is 4.96. The number of rotatable bonds is 4. The van der Waals surface area contributed by atoms with E-state index in [-0.39, 0.29) is 0 Å². The van der Waals surface area contributed by atoms with E-state index in [0.717, 1.165) is 6.54 Å². The number of anilines is 1. The van der Waals surface area contributed by atoms with Gasteiger partial charge in [0, 0.05) is 12.2 Å². The third kappa shape index (κ3) is 5.04. The summed E-state index contributed by atoms with van der Waals surface area (Å²) in [5.74, 6) is 0.0188. The number of hydrogen-bond acceptors (Lipinski definition) is 3. The average Bonchev–Trinajstić information content (AvgIpc) is 2.37. The molecule has 0 aliphatic rings. The summed E-state index contributed by atoms with van der Waals surface area (Å²) >= 11 is 11.1. The zero-order valence-corrected chi connectivity index (χ0v) is 12.7. The molecule has 0 saturated carbocycles. The van der Waals surface area contributed by atoms with Gasteiger partial charge in [-0.3, -0.25) is 0 Å². The van der Waals surface area contributed by atoms with Crippen LogP contribution in [0, 0.1) is 5.92 Å². The van der Waals surface area contributed by atoms with E-state index in [4.69, 9.17) is 23.8 Å². The molecule has 0 aliphatic carbocycles. The largest absolute Gasteiger partial charge is 0.465 e. The molecule has 0 unspecified atom stereocenters. The van der Waals surface area contributed by atoms with E-state index in [2.05, 4.69) is 29.2 Å². The molecule has 0 amide bonds. The van der Waals surface area contributed by atoms with Crippen LogP contribution in [0.1, 0.15) is 24.2 Å². The van der Waals surface area contributed by atoms with Crippen LogP contribution in [0.2, 0.25) is 5.02 Å². The highest BCUT2D eigenvalue weighted by Crippen LogP contribution is 2.21. The van der Waals surface area contributed by atoms with Crippen LogP contribution < -0.4 is 10.6 Å². The van der Waals surface area contributed by atoms with Crippen molar-refractivity contribution in [3.8, 4) is 0 Å². The van der Waals surface area contributed by atoms with Gasteiger partial charge in [0.25, 0.3) is 0 Å². The predicted molar refractivity (Wildman–Crippen MR) is 81.9 cm³/mol. The first-order valence-corrected chi connectivity index (χ1v) is 6.65. The predicted octanol–water partition coefficient (Wildman–Crippen LogP) is 3.07. The maximum Gasteiger partial charge on any atom is 0.339 e. The zero-order valence-electron chi connectivity index (χ0n) is 11.1. The van der Waals surface area contributed by atoms with Crippen LogP contribution in [0.25, 0.3) is 0 Å². The summed E-state index contributed by atoms with van der Waals surface area (Å²) in [5, 5.41) is 6.93. The minimum absolute atomic E-state index is 0.306. The normalized spacial score (nSPS) is 10.2. The average molecular weight is 301 g/mol. The van der Waals surface area contributed by atoms with Crippen LogP contribution in [0.3, 0.4) is 0 Å². The lowest BCUT2D eigenvalue weighted by molar-refractivity contribution is 0.0601. The lowest BCUT2D eigenvalue weighted by Crippen LogP contribution is -2.31. The first kappa shape index (κ1) is 15.7. The molecule has 0 saturated heterocycles. The first-order chi connectivity index (χ1) is 8.93. The second-order valence-corrected chi connectivity index (χ2v) is 5.23. The van der Waals surface area contributed by atoms with Gasteiger partial charge in [0.2, 0.25) is 0 Å². The van der Waals surface area contributed by atoms with Crippen molar-refractivity contribution in [2.45, 2.75) is 13.8 Å². The molecule has 19 heavy (non-hydrogen) atoms. The quantitative estimate of drug-likeness (QED) is 0.661. The molecule has 6 heteroatoms. The third-order valence-corrected chi connectivity index (χ3v) is 2.88. The Morgan fingerprint density at radius 2 is 2.16 bits per heavy atom. The van der Waals surface area contributed by atoms with Gasteiger partial charge in [-0.15, -0.1) is 0 Å². The number of carbonyl (C=O) groups is 1. The number of hydrogen-bond donors (Lipinski definition) is 2. The molecule has 2 N–H and O–H groups in total. The summed E-state index contributed by atoms with van der Waals surface area (Å²) in [7, 11) is 1.31. The van der Waals surface area contributed by atoms with Crippen molar-refractivity contribution in [3.63, 3.8) is 0 Å². The molecule has 0 radical (unpaired) electrons. The molecular formula is C13H17ClN2O2S. The standard InChI is InChI=1S/C13H17ClN2O2S/c1-8(2)7-15-13(19)16-9-4-5-11(14)10(6-9)12(17)18-3/h4-6,8H,7H2,1-3H3,(H2,15,16,19). The summed E-state index contributed by atoms with van der Waals surface area (Å²) < 4.78 is 4.66. The molecule has 0 aliphatic heterocycles. The number of benzene rings is 1. The van der Waals surface area contributed by atoms with Gasteiger partial charge in [-0.05, 0) is 36.3 Å². The van der Waals surface area contributed by atoms with Crippen molar-refractivity contribution in [2.24, 2.45) is 5.92 Å². The van der Waals surface area contributed by atoms with Gasteiger partial charge in [0.1, 0.15) is 0 Å². The highest BCUT2D eigenvalue weighted by molar-refractivity contribution is 7.80. The van der Waals surface area contributed by atoms with Crippen LogP contribution in [-0.2, 0) is 4.74 Å². The summed E-state index contributed by atoms with van der Waals surface area (Å²) in [6.07, 6.45) is 0. The fourth-order valence-electron chi connectivity index (χ4n) is 1.34. The highest BCUT2D eigenvalue weighted by atomic mass is 35.5. The number of carbonyl (C=O) groups excluding carboxylic acids is 1. The Kier molecular flexibility index (Phi) is 6.05. The van der Waals surface area contributed by atoms with E-state index in [1.165, 1.54) is 7.11 Å². The van der Waals surface area contributed by atoms with Gasteiger partial charge in [0.05, 0.1) is 17.7 Å². The fraction of sp³-hybridized carbons (Fsp3) is 0.385. The molecule has 4 nitrogen and oxygen atoms in total. The molecule has 0 fully saturated rings. The molecule has 1 aromatic rings. The van der Waals surface area contributed by atoms with Gasteiger partial charge < -0.3 is 15.4 Å². The molecular weight excluding hydrogens is 284 g/mol. The molecule has 0 bridgehead atoms. The second-order valence-electron chi connectivity index (χ2n) is 4.42. The number of methoxy groups -OCH3 is 1. The van der Waals surface area contributed by atoms with Crippen LogP contribution in [-0.4, -0.2) is 24.7 Å². The SMILES string of the molecule is COC(=O)c1cc(NC(=S)NCC(C)C)ccc1Cl. The van der Waals surface area contributed by atoms with Crippen LogP contribution in [0.15, 0.2) is 18.2 Å². The minimum Gasteiger partial charge on any atom is -0.465 e. The summed E-state index contributed by atoms with van der Waals surface area (Å²) in [4.78, 5) is 11.5. The van der Waals surface area contributed by atoms with Crippen LogP contribution >= 0.6 is 23.8 Å². The maximum atomic E-state index is 11.5. The van der Waals surface area contributed by atoms with Crippen LogP contribution in [0.5, 0.6) is 0 Å². The molecule has 0 heterocycles. The van der Waals surface area contributed by atoms with E-state index in [9.17, 15) is 4.79 Å². The number of thiocarbonyl (C=S) groups is 1. The van der Waals surface area contributed by atoms with Crippen molar-refractivity contribution in [1.82, 2.24) is 5.32 Å². The highest BCUT2D eigenvalue weighted by Gasteiger charge is 2.11. The third-order valence-electron chi connectivity index (χ3n) is 2.30. The number of esters is 1. The van der Waals surface area contributed by atoms with E-state index >= 15 is 0 Å². The molecule has 0 spiro atoms. The molecule has 104 valence electrons. The van der Waals surface area contributed by atoms with E-state index in [1.807, 2.05) is 0 Å². The Balaban J connectivity index is 2.74. The van der Waals surface area contributed by atoms with E-state index < -0.39 is 5.97 Å². The van der Waals surface area contributed by atoms with Gasteiger partial charge in [0.15, 0.2) is 5.11 Å². The first-order valence-electron chi connectivity index (χ1n) is 5.86.